The first-order valence-electron chi connectivity index (χ1n) is 7.95. The van der Waals surface area contributed by atoms with Crippen molar-refractivity contribution in [3.05, 3.63) is 0 Å². The third kappa shape index (κ3) is 215. The minimum atomic E-state index is 0. The minimum Gasteiger partial charge on any atom is -0.0776 e. The third-order valence-corrected chi connectivity index (χ3v) is 1.63. The summed E-state index contributed by atoms with van der Waals surface area (Å²) in [6, 6.07) is 0. The van der Waals surface area contributed by atoms with E-state index in [0.717, 1.165) is 11.8 Å². The molecule has 0 aliphatic rings. The standard InChI is InChI=1S/2C5H12.C3H8.2C2H6.CH4.Y/c2*1-4-5(2)3;1-3-2;2*1-2;;/h2*5H,4H2,1-3H3;3H2,1-2H3;2*1-2H3;1H4;. The van der Waals surface area contributed by atoms with Crippen LogP contribution in [0.1, 0.15) is 110 Å². The van der Waals surface area contributed by atoms with E-state index in [4.69, 9.17) is 0 Å². The van der Waals surface area contributed by atoms with Crippen LogP contribution in [0.4, 0.5) is 0 Å². The van der Waals surface area contributed by atoms with Crippen molar-refractivity contribution in [3.8, 4) is 0 Å². The Kier molecular flexibility index (Phi) is 138. The van der Waals surface area contributed by atoms with E-state index in [9.17, 15) is 0 Å². The first-order chi connectivity index (χ1) is 7.95. The smallest absolute Gasteiger partial charge is 0 e. The molecule has 0 fully saturated rings. The van der Waals surface area contributed by atoms with Crippen molar-refractivity contribution in [2.45, 2.75) is 110 Å². The van der Waals surface area contributed by atoms with Crippen LogP contribution in [-0.4, -0.2) is 0 Å². The zero-order valence-electron chi connectivity index (χ0n) is 15.9. The van der Waals surface area contributed by atoms with Crippen LogP contribution >= 0.6 is 0 Å². The molecule has 0 nitrogen and oxygen atoms in total. The molecule has 19 heavy (non-hydrogen) atoms. The Labute approximate surface area is 153 Å². The molecule has 123 valence electrons. The Balaban J connectivity index is -0.0000000195. The van der Waals surface area contributed by atoms with E-state index in [1.807, 2.05) is 27.7 Å². The summed E-state index contributed by atoms with van der Waals surface area (Å²) >= 11 is 0. The van der Waals surface area contributed by atoms with Gasteiger partial charge in [0.05, 0.1) is 0 Å². The molecule has 0 saturated carbocycles. The Morgan fingerprint density at radius 3 is 0.632 bits per heavy atom. The molecule has 0 unspecified atom stereocenters. The monoisotopic (exact) mass is 353 g/mol. The summed E-state index contributed by atoms with van der Waals surface area (Å²) in [6.07, 6.45) is 3.86. The van der Waals surface area contributed by atoms with Crippen molar-refractivity contribution in [2.24, 2.45) is 11.8 Å². The molecule has 0 saturated heterocycles. The normalized spacial score (nSPS) is 6.63. The van der Waals surface area contributed by atoms with Gasteiger partial charge in [0, 0.05) is 32.7 Å². The van der Waals surface area contributed by atoms with Crippen LogP contribution in [-0.2, 0) is 32.7 Å². The molecule has 0 aromatic heterocycles. The van der Waals surface area contributed by atoms with Crippen molar-refractivity contribution in [1.82, 2.24) is 0 Å². The van der Waals surface area contributed by atoms with E-state index < -0.39 is 0 Å². The van der Waals surface area contributed by atoms with Gasteiger partial charge in [0.25, 0.3) is 0 Å². The van der Waals surface area contributed by atoms with Crippen LogP contribution in [0, 0.1) is 11.8 Å². The van der Waals surface area contributed by atoms with Crippen LogP contribution in [0.2, 0.25) is 0 Å². The molecule has 0 atom stereocenters. The second-order valence-electron chi connectivity index (χ2n) is 4.31. The van der Waals surface area contributed by atoms with Gasteiger partial charge in [-0.2, -0.15) is 0 Å². The SMILES string of the molecule is C.CC.CC.CCC.CCC(C)C.CCC(C)C.[Y]. The fourth-order valence-electron chi connectivity index (χ4n) is 0. The molecular formula is C18H48Y. The fraction of sp³-hybridized carbons (Fsp3) is 1.00. The van der Waals surface area contributed by atoms with Crippen LogP contribution in [0.5, 0.6) is 0 Å². The molecule has 0 spiro atoms. The molecule has 0 heterocycles. The van der Waals surface area contributed by atoms with Gasteiger partial charge < -0.3 is 0 Å². The number of rotatable bonds is 2. The second kappa shape index (κ2) is 61.3. The van der Waals surface area contributed by atoms with Crippen LogP contribution in [0.25, 0.3) is 0 Å². The minimum absolute atomic E-state index is 0. The summed E-state index contributed by atoms with van der Waals surface area (Å²) in [7, 11) is 0. The maximum absolute atomic E-state index is 2.22. The Morgan fingerprint density at radius 1 is 0.579 bits per heavy atom. The maximum Gasteiger partial charge on any atom is 0 e. The van der Waals surface area contributed by atoms with Gasteiger partial charge >= 0.3 is 0 Å². The average molecular weight is 353 g/mol. The molecular weight excluding hydrogens is 305 g/mol. The second-order valence-corrected chi connectivity index (χ2v) is 4.31. The van der Waals surface area contributed by atoms with Crippen molar-refractivity contribution in [1.29, 1.82) is 0 Å². The largest absolute Gasteiger partial charge is 0.0776 e. The summed E-state index contributed by atoms with van der Waals surface area (Å²) in [5, 5.41) is 0. The Morgan fingerprint density at radius 2 is 0.632 bits per heavy atom. The van der Waals surface area contributed by atoms with Crippen molar-refractivity contribution >= 4 is 0 Å². The quantitative estimate of drug-likeness (QED) is 0.469. The topological polar surface area (TPSA) is 0 Å². The molecule has 0 aromatic rings. The van der Waals surface area contributed by atoms with Crippen LogP contribution in [0.3, 0.4) is 0 Å². The van der Waals surface area contributed by atoms with Gasteiger partial charge in [-0.1, -0.05) is 110 Å². The summed E-state index contributed by atoms with van der Waals surface area (Å²) in [5.74, 6) is 1.77. The summed E-state index contributed by atoms with van der Waals surface area (Å²) < 4.78 is 0. The van der Waals surface area contributed by atoms with Gasteiger partial charge in [-0.25, -0.2) is 0 Å². The molecule has 1 heteroatoms. The first-order valence-corrected chi connectivity index (χ1v) is 7.95. The van der Waals surface area contributed by atoms with E-state index in [0.29, 0.717) is 0 Å². The molecule has 0 bridgehead atoms. The van der Waals surface area contributed by atoms with E-state index in [1.165, 1.54) is 19.3 Å². The van der Waals surface area contributed by atoms with Gasteiger partial charge in [0.15, 0.2) is 0 Å². The molecule has 0 aromatic carbocycles. The van der Waals surface area contributed by atoms with Crippen LogP contribution in [0.15, 0.2) is 0 Å². The first kappa shape index (κ1) is 42.7. The number of hydrogen-bond donors (Lipinski definition) is 0. The molecule has 0 N–H and O–H groups in total. The van der Waals surface area contributed by atoms with Gasteiger partial charge in [-0.3, -0.25) is 0 Å². The molecule has 0 rings (SSSR count). The van der Waals surface area contributed by atoms with Gasteiger partial charge in [-0.05, 0) is 11.8 Å². The number of hydrogen-bond acceptors (Lipinski definition) is 0. The fourth-order valence-corrected chi connectivity index (χ4v) is 0. The summed E-state index contributed by atoms with van der Waals surface area (Å²) in [5.41, 5.74) is 0. The molecule has 0 aliphatic carbocycles. The average Bonchev–Trinajstić information content (AvgIpc) is 2.35. The van der Waals surface area contributed by atoms with E-state index in [-0.39, 0.29) is 40.1 Å². The van der Waals surface area contributed by atoms with Crippen LogP contribution < -0.4 is 0 Å². The van der Waals surface area contributed by atoms with Gasteiger partial charge in [-0.15, -0.1) is 0 Å². The maximum atomic E-state index is 2.22. The van der Waals surface area contributed by atoms with Crippen molar-refractivity contribution < 1.29 is 32.7 Å². The third-order valence-electron chi connectivity index (χ3n) is 1.63. The van der Waals surface area contributed by atoms with Crippen molar-refractivity contribution in [3.63, 3.8) is 0 Å². The van der Waals surface area contributed by atoms with Gasteiger partial charge in [0.2, 0.25) is 0 Å². The molecule has 0 amide bonds. The predicted octanol–water partition coefficient (Wildman–Crippen LogP) is 8.21. The molecule has 0 aliphatic heterocycles. The van der Waals surface area contributed by atoms with E-state index in [1.54, 1.807) is 0 Å². The van der Waals surface area contributed by atoms with Gasteiger partial charge in [0.1, 0.15) is 0 Å². The Hall–Kier alpha value is 1.10. The zero-order chi connectivity index (χ0) is 15.3. The van der Waals surface area contributed by atoms with E-state index >= 15 is 0 Å². The zero-order valence-corrected chi connectivity index (χ0v) is 18.7. The Bertz CT molecular complexity index is 50.7. The molecule has 1 radical (unpaired) electrons. The predicted molar refractivity (Wildman–Crippen MR) is 95.7 cm³/mol. The summed E-state index contributed by atoms with van der Waals surface area (Å²) in [6.45, 7) is 25.5. The summed E-state index contributed by atoms with van der Waals surface area (Å²) in [4.78, 5) is 0. The van der Waals surface area contributed by atoms with Crippen molar-refractivity contribution in [2.75, 3.05) is 0 Å². The van der Waals surface area contributed by atoms with E-state index in [2.05, 4.69) is 55.4 Å².